The fourth-order valence-electron chi connectivity index (χ4n) is 6.95. The normalized spacial score (nSPS) is 10.8. The van der Waals surface area contributed by atoms with Crippen LogP contribution in [0.25, 0.3) is 31.7 Å². The summed E-state index contributed by atoms with van der Waals surface area (Å²) in [7, 11) is 1.57. The number of rotatable bonds is 27. The molecular formula is C53H59F3N16O6S6. The second-order valence-electron chi connectivity index (χ2n) is 16.7. The molecule has 9 rings (SSSR count). The van der Waals surface area contributed by atoms with Gasteiger partial charge < -0.3 is 62.8 Å². The predicted molar refractivity (Wildman–Crippen MR) is 330 cm³/mol. The molecule has 22 nitrogen and oxygen atoms in total. The topological polar surface area (TPSA) is 340 Å². The van der Waals surface area contributed by atoms with Crippen LogP contribution in [0.3, 0.4) is 0 Å². The average Bonchev–Trinajstić information content (AvgIpc) is 4.39. The molecule has 0 atom stereocenters. The quantitative estimate of drug-likeness (QED) is 0.0158. The molecule has 0 unspecified atom stereocenters. The Morgan fingerprint density at radius 1 is 0.405 bits per heavy atom. The Hall–Kier alpha value is -7.84. The molecule has 0 radical (unpaired) electrons. The van der Waals surface area contributed by atoms with Gasteiger partial charge in [0.05, 0.1) is 50.7 Å². The van der Waals surface area contributed by atoms with Crippen molar-refractivity contribution in [1.29, 1.82) is 0 Å². The summed E-state index contributed by atoms with van der Waals surface area (Å²) in [5.41, 5.74) is 39.2. The molecule has 12 N–H and O–H groups in total. The number of nitrogen functional groups attached to an aromatic ring is 6. The number of alkyl halides is 3. The Balaban J connectivity index is 0.000000181. The monoisotopic (exact) mass is 1260 g/mol. The van der Waals surface area contributed by atoms with Crippen molar-refractivity contribution in [3.05, 3.63) is 100.0 Å². The van der Waals surface area contributed by atoms with Crippen LogP contribution in [0.15, 0.2) is 98.3 Å². The number of nitrogens with two attached hydrogens (primary N) is 6. The van der Waals surface area contributed by atoms with Crippen molar-refractivity contribution >= 4 is 104 Å². The van der Waals surface area contributed by atoms with Gasteiger partial charge in [0.1, 0.15) is 64.9 Å². The number of halogens is 3. The van der Waals surface area contributed by atoms with Gasteiger partial charge in [-0.2, -0.15) is 15.0 Å². The van der Waals surface area contributed by atoms with Crippen molar-refractivity contribution in [1.82, 2.24) is 49.8 Å². The van der Waals surface area contributed by atoms with Crippen LogP contribution in [0.2, 0.25) is 0 Å². The van der Waals surface area contributed by atoms with E-state index < -0.39 is 20.0 Å². The summed E-state index contributed by atoms with van der Waals surface area (Å²) in [4.78, 5) is 42.4. The maximum absolute atomic E-state index is 12.5. The number of anilines is 6. The number of thioether (sulfide) groups is 3. The van der Waals surface area contributed by atoms with Crippen LogP contribution in [0.4, 0.5) is 48.3 Å². The van der Waals surface area contributed by atoms with E-state index in [9.17, 15) is 13.2 Å². The Kier molecular flexibility index (Phi) is 24.9. The molecule has 0 amide bonds. The number of nitrogens with zero attached hydrogens (tertiary/aromatic N) is 10. The zero-order valence-corrected chi connectivity index (χ0v) is 50.4. The van der Waals surface area contributed by atoms with Crippen LogP contribution in [-0.4, -0.2) is 110 Å². The lowest BCUT2D eigenvalue weighted by Gasteiger charge is -2.11. The molecule has 84 heavy (non-hydrogen) atoms. The fourth-order valence-corrected chi connectivity index (χ4v) is 12.0. The highest BCUT2D eigenvalue weighted by atomic mass is 32.2. The Morgan fingerprint density at radius 3 is 1.17 bits per heavy atom. The molecule has 9 aromatic rings. The van der Waals surface area contributed by atoms with E-state index in [1.54, 1.807) is 13.2 Å². The summed E-state index contributed by atoms with van der Waals surface area (Å²) in [6.45, 7) is 3.47. The molecule has 0 spiro atoms. The van der Waals surface area contributed by atoms with Crippen molar-refractivity contribution in [2.45, 2.75) is 53.0 Å². The molecule has 444 valence electrons. The number of thiazole rings is 3. The molecule has 3 aromatic carbocycles. The van der Waals surface area contributed by atoms with E-state index in [-0.39, 0.29) is 31.7 Å². The van der Waals surface area contributed by atoms with E-state index in [0.717, 1.165) is 48.8 Å². The molecule has 0 fully saturated rings. The standard InChI is InChI=1S/2C18H20FN5O2S2.C17H19FN6O2S2/c1-2-25-14-7-11(3-4-13(14)26-6-5-19)17-22-12(9-27-17)10-28-18-23-15(20)8-16(21)24-18;1-2-25-13-4-3-11(7-14(13)26-6-5-19)17-22-12(9-27-17)10-28-18-23-15(20)8-16(21)24-18;1-25-12-4-3-10(7-13(12)26-6-2-5-18)14-21-11(8-27-14)9-28-17-23-15(19)22-16(20)24-17/h2*3-4,7-9H,2,5-6,10H2,1H3,(H4,20,21,23,24);3-4,7-8H,2,5-6,9H2,1H3,(H4,19,20,22,23,24). The van der Waals surface area contributed by atoms with Gasteiger partial charge in [-0.1, -0.05) is 35.3 Å². The van der Waals surface area contributed by atoms with Crippen LogP contribution < -0.4 is 62.8 Å². The van der Waals surface area contributed by atoms with Crippen molar-refractivity contribution in [2.24, 2.45) is 0 Å². The van der Waals surface area contributed by atoms with Gasteiger partial charge in [-0.3, -0.25) is 4.39 Å². The first-order valence-corrected chi connectivity index (χ1v) is 30.9. The van der Waals surface area contributed by atoms with Crippen molar-refractivity contribution < 1.29 is 41.6 Å². The van der Waals surface area contributed by atoms with Gasteiger partial charge >= 0.3 is 0 Å². The van der Waals surface area contributed by atoms with Crippen LogP contribution in [-0.2, 0) is 17.3 Å². The number of benzene rings is 3. The van der Waals surface area contributed by atoms with E-state index in [1.165, 1.54) is 81.4 Å². The lowest BCUT2D eigenvalue weighted by Crippen LogP contribution is -2.03. The molecule has 0 aliphatic carbocycles. The second-order valence-corrected chi connectivity index (χ2v) is 22.1. The maximum atomic E-state index is 12.5. The molecule has 31 heteroatoms. The van der Waals surface area contributed by atoms with E-state index in [0.29, 0.717) is 110 Å². The van der Waals surface area contributed by atoms with Crippen molar-refractivity contribution in [2.75, 3.05) is 94.6 Å². The molecule has 0 aliphatic rings. The van der Waals surface area contributed by atoms with Gasteiger partial charge in [0.25, 0.3) is 0 Å². The molecule has 6 aromatic heterocycles. The van der Waals surface area contributed by atoms with Crippen molar-refractivity contribution in [3.8, 4) is 66.2 Å². The average molecular weight is 1270 g/mol. The summed E-state index contributed by atoms with van der Waals surface area (Å²) in [5.74, 6) is 6.63. The minimum absolute atomic E-state index is 0.00533. The zero-order chi connectivity index (χ0) is 59.8. The van der Waals surface area contributed by atoms with Crippen LogP contribution in [0.5, 0.6) is 34.5 Å². The molecule has 6 heterocycles. The predicted octanol–water partition coefficient (Wildman–Crippen LogP) is 10.8. The third kappa shape index (κ3) is 19.6. The Bertz CT molecular complexity index is 3470. The smallest absolute Gasteiger partial charge is 0.225 e. The lowest BCUT2D eigenvalue weighted by molar-refractivity contribution is 0.251. The summed E-state index contributed by atoms with van der Waals surface area (Å²) in [5, 5.41) is 9.90. The fraction of sp³-hybridized carbons (Fsp3) is 0.283. The highest BCUT2D eigenvalue weighted by Crippen LogP contribution is 2.38. The largest absolute Gasteiger partial charge is 0.493 e. The highest BCUT2D eigenvalue weighted by molar-refractivity contribution is 7.98. The van der Waals surface area contributed by atoms with Gasteiger partial charge in [-0.25, -0.2) is 43.7 Å². The first-order chi connectivity index (χ1) is 40.8. The second kappa shape index (κ2) is 32.9. The number of ether oxygens (including phenoxy) is 6. The van der Waals surface area contributed by atoms with Crippen LogP contribution in [0, 0.1) is 0 Å². The van der Waals surface area contributed by atoms with Crippen molar-refractivity contribution in [3.63, 3.8) is 0 Å². The molecule has 0 saturated carbocycles. The summed E-state index contributed by atoms with van der Waals surface area (Å²) in [6.07, 6.45) is 0.331. The Morgan fingerprint density at radius 2 is 0.762 bits per heavy atom. The number of aromatic nitrogens is 10. The maximum Gasteiger partial charge on any atom is 0.225 e. The third-order valence-electron chi connectivity index (χ3n) is 10.4. The Labute approximate surface area is 506 Å². The minimum atomic E-state index is -0.564. The highest BCUT2D eigenvalue weighted by Gasteiger charge is 2.16. The number of hydrogen-bond donors (Lipinski definition) is 6. The first-order valence-electron chi connectivity index (χ1n) is 25.3. The first kappa shape index (κ1) is 63.7. The molecule has 0 aliphatic heterocycles. The van der Waals surface area contributed by atoms with Gasteiger partial charge in [0, 0.05) is 68.6 Å². The van der Waals surface area contributed by atoms with E-state index >= 15 is 0 Å². The third-order valence-corrected chi connectivity index (χ3v) is 15.9. The van der Waals surface area contributed by atoms with E-state index in [2.05, 4.69) is 49.8 Å². The van der Waals surface area contributed by atoms with Gasteiger partial charge in [-0.15, -0.1) is 34.0 Å². The van der Waals surface area contributed by atoms with E-state index in [4.69, 9.17) is 62.8 Å². The van der Waals surface area contributed by atoms with Gasteiger partial charge in [0.15, 0.2) is 50.0 Å². The number of hydrogen-bond acceptors (Lipinski definition) is 28. The number of methoxy groups -OCH3 is 1. The summed E-state index contributed by atoms with van der Waals surface area (Å²) >= 11 is 8.74. The van der Waals surface area contributed by atoms with Gasteiger partial charge in [0.2, 0.25) is 11.9 Å². The van der Waals surface area contributed by atoms with Crippen LogP contribution >= 0.6 is 69.3 Å². The molecule has 0 bridgehead atoms. The van der Waals surface area contributed by atoms with Gasteiger partial charge in [-0.05, 0) is 68.4 Å². The lowest BCUT2D eigenvalue weighted by atomic mass is 10.2. The van der Waals surface area contributed by atoms with Crippen LogP contribution in [0.1, 0.15) is 37.4 Å². The minimum Gasteiger partial charge on any atom is -0.493 e. The molecule has 0 saturated heterocycles. The zero-order valence-electron chi connectivity index (χ0n) is 45.5. The SMILES string of the molecule is CCOc1cc(-c2nc(CSc3nc(N)cc(N)n3)cs2)ccc1OCCF.CCOc1ccc(-c2nc(CSc3nc(N)cc(N)n3)cs2)cc1OCCF.COc1ccc(-c2nc(CSc3nc(N)nc(N)n3)cs2)cc1OCCCF. The summed E-state index contributed by atoms with van der Waals surface area (Å²) < 4.78 is 70.1. The molecular weight excluding hydrogens is 1210 g/mol. The summed E-state index contributed by atoms with van der Waals surface area (Å²) in [6, 6.07) is 19.6. The van der Waals surface area contributed by atoms with E-state index in [1.807, 2.05) is 78.5 Å².